The van der Waals surface area contributed by atoms with Crippen LogP contribution < -0.4 is 0 Å². The first-order valence-electron chi connectivity index (χ1n) is 6.13. The summed E-state index contributed by atoms with van der Waals surface area (Å²) in [6, 6.07) is 0.564. The van der Waals surface area contributed by atoms with Gasteiger partial charge in [-0.15, -0.1) is 0 Å². The molecule has 16 heavy (non-hydrogen) atoms. The van der Waals surface area contributed by atoms with E-state index in [1.807, 2.05) is 13.8 Å². The SMILES string of the molecule is CCOC(=O)C(C)N1CCC(N(C)C)CC1. The average molecular weight is 228 g/mol. The molecular formula is C12H24N2O2. The van der Waals surface area contributed by atoms with Crippen molar-refractivity contribution in [1.29, 1.82) is 0 Å². The molecule has 1 unspecified atom stereocenters. The summed E-state index contributed by atoms with van der Waals surface area (Å²) < 4.78 is 5.04. The fourth-order valence-electron chi connectivity index (χ4n) is 2.20. The van der Waals surface area contributed by atoms with Gasteiger partial charge in [0.15, 0.2) is 0 Å². The minimum atomic E-state index is -0.0944. The normalized spacial score (nSPS) is 21.1. The molecule has 0 amide bonds. The van der Waals surface area contributed by atoms with Crippen LogP contribution in [0.1, 0.15) is 26.7 Å². The topological polar surface area (TPSA) is 32.8 Å². The minimum Gasteiger partial charge on any atom is -0.465 e. The van der Waals surface area contributed by atoms with Crippen LogP contribution in [0, 0.1) is 0 Å². The molecule has 94 valence electrons. The molecular weight excluding hydrogens is 204 g/mol. The van der Waals surface area contributed by atoms with Gasteiger partial charge in [0.25, 0.3) is 0 Å². The molecule has 0 aromatic heterocycles. The second-order valence-corrected chi connectivity index (χ2v) is 4.66. The van der Waals surface area contributed by atoms with Crippen molar-refractivity contribution in [3.8, 4) is 0 Å². The van der Waals surface area contributed by atoms with Gasteiger partial charge in [0.05, 0.1) is 6.61 Å². The summed E-state index contributed by atoms with van der Waals surface area (Å²) in [5.41, 5.74) is 0. The lowest BCUT2D eigenvalue weighted by molar-refractivity contribution is -0.149. The second kappa shape index (κ2) is 6.21. The Kier molecular flexibility index (Phi) is 5.22. The first-order chi connectivity index (χ1) is 7.56. The summed E-state index contributed by atoms with van der Waals surface area (Å²) in [7, 11) is 4.24. The number of ether oxygens (including phenoxy) is 1. The summed E-state index contributed by atoms with van der Waals surface area (Å²) in [4.78, 5) is 16.1. The highest BCUT2D eigenvalue weighted by molar-refractivity contribution is 5.75. The fourth-order valence-corrected chi connectivity index (χ4v) is 2.20. The molecule has 1 aliphatic rings. The summed E-state index contributed by atoms with van der Waals surface area (Å²) in [6.45, 7) is 6.24. The van der Waals surface area contributed by atoms with Crippen LogP contribution in [0.5, 0.6) is 0 Å². The molecule has 0 aromatic rings. The molecule has 0 saturated carbocycles. The standard InChI is InChI=1S/C12H24N2O2/c1-5-16-12(15)10(2)14-8-6-11(7-9-14)13(3)4/h10-11H,5-9H2,1-4H3. The zero-order valence-electron chi connectivity index (χ0n) is 10.9. The number of hydrogen-bond acceptors (Lipinski definition) is 4. The highest BCUT2D eigenvalue weighted by atomic mass is 16.5. The maximum atomic E-state index is 11.6. The molecule has 1 heterocycles. The Hall–Kier alpha value is -0.610. The van der Waals surface area contributed by atoms with E-state index in [1.54, 1.807) is 0 Å². The Morgan fingerprint density at radius 3 is 2.44 bits per heavy atom. The van der Waals surface area contributed by atoms with Gasteiger partial charge >= 0.3 is 5.97 Å². The van der Waals surface area contributed by atoms with Gasteiger partial charge in [-0.25, -0.2) is 0 Å². The lowest BCUT2D eigenvalue weighted by Gasteiger charge is -2.37. The van der Waals surface area contributed by atoms with Crippen LogP contribution in [-0.2, 0) is 9.53 Å². The van der Waals surface area contributed by atoms with Crippen LogP contribution in [0.4, 0.5) is 0 Å². The molecule has 1 atom stereocenters. The van der Waals surface area contributed by atoms with E-state index in [1.165, 1.54) is 0 Å². The van der Waals surface area contributed by atoms with Crippen LogP contribution in [0.2, 0.25) is 0 Å². The number of nitrogens with zero attached hydrogens (tertiary/aromatic N) is 2. The van der Waals surface area contributed by atoms with E-state index in [2.05, 4.69) is 23.9 Å². The molecule has 0 bridgehead atoms. The Morgan fingerprint density at radius 2 is 2.00 bits per heavy atom. The van der Waals surface area contributed by atoms with E-state index in [0.29, 0.717) is 12.6 Å². The second-order valence-electron chi connectivity index (χ2n) is 4.66. The maximum absolute atomic E-state index is 11.6. The molecule has 0 aliphatic carbocycles. The van der Waals surface area contributed by atoms with Crippen LogP contribution >= 0.6 is 0 Å². The number of carbonyl (C=O) groups excluding carboxylic acids is 1. The Bertz CT molecular complexity index is 223. The van der Waals surface area contributed by atoms with E-state index in [4.69, 9.17) is 4.74 Å². The van der Waals surface area contributed by atoms with Gasteiger partial charge in [-0.2, -0.15) is 0 Å². The quantitative estimate of drug-likeness (QED) is 0.671. The third kappa shape index (κ3) is 3.46. The minimum absolute atomic E-state index is 0.0918. The van der Waals surface area contributed by atoms with Crippen LogP contribution in [-0.4, -0.2) is 61.6 Å². The first-order valence-corrected chi connectivity index (χ1v) is 6.13. The lowest BCUT2D eigenvalue weighted by atomic mass is 10.0. The van der Waals surface area contributed by atoms with E-state index >= 15 is 0 Å². The molecule has 1 saturated heterocycles. The number of esters is 1. The van der Waals surface area contributed by atoms with Crippen molar-refractivity contribution in [3.05, 3.63) is 0 Å². The predicted octanol–water partition coefficient (Wildman–Crippen LogP) is 0.964. The predicted molar refractivity (Wildman–Crippen MR) is 64.4 cm³/mol. The molecule has 1 aliphatic heterocycles. The van der Waals surface area contributed by atoms with E-state index in [0.717, 1.165) is 25.9 Å². The summed E-state index contributed by atoms with van der Waals surface area (Å²) in [5.74, 6) is -0.0918. The summed E-state index contributed by atoms with van der Waals surface area (Å²) in [6.07, 6.45) is 2.27. The van der Waals surface area contributed by atoms with E-state index < -0.39 is 0 Å². The third-order valence-corrected chi connectivity index (χ3v) is 3.40. The number of piperidine rings is 1. The fraction of sp³-hybridized carbons (Fsp3) is 0.917. The largest absolute Gasteiger partial charge is 0.465 e. The first kappa shape index (κ1) is 13.5. The highest BCUT2D eigenvalue weighted by Gasteiger charge is 2.27. The maximum Gasteiger partial charge on any atom is 0.323 e. The van der Waals surface area contributed by atoms with Crippen molar-refractivity contribution in [2.45, 2.75) is 38.8 Å². The van der Waals surface area contributed by atoms with E-state index in [-0.39, 0.29) is 12.0 Å². The smallest absolute Gasteiger partial charge is 0.323 e. The Balaban J connectivity index is 2.38. The zero-order chi connectivity index (χ0) is 12.1. The van der Waals surface area contributed by atoms with Gasteiger partial charge in [-0.3, -0.25) is 9.69 Å². The molecule has 1 fully saturated rings. The van der Waals surface area contributed by atoms with Gasteiger partial charge < -0.3 is 9.64 Å². The van der Waals surface area contributed by atoms with Crippen LogP contribution in [0.25, 0.3) is 0 Å². The Morgan fingerprint density at radius 1 is 1.44 bits per heavy atom. The van der Waals surface area contributed by atoms with Crippen molar-refractivity contribution in [1.82, 2.24) is 9.80 Å². The average Bonchev–Trinajstić information content (AvgIpc) is 2.28. The van der Waals surface area contributed by atoms with Crippen LogP contribution in [0.3, 0.4) is 0 Å². The van der Waals surface area contributed by atoms with E-state index in [9.17, 15) is 4.79 Å². The number of hydrogen-bond donors (Lipinski definition) is 0. The molecule has 4 heteroatoms. The van der Waals surface area contributed by atoms with Gasteiger partial charge in [0.1, 0.15) is 6.04 Å². The van der Waals surface area contributed by atoms with Crippen molar-refractivity contribution in [2.75, 3.05) is 33.8 Å². The summed E-state index contributed by atoms with van der Waals surface area (Å²) in [5, 5.41) is 0. The molecule has 1 rings (SSSR count). The molecule has 0 spiro atoms. The van der Waals surface area contributed by atoms with Gasteiger partial charge in [0.2, 0.25) is 0 Å². The lowest BCUT2D eigenvalue weighted by Crippen LogP contribution is -2.48. The summed E-state index contributed by atoms with van der Waals surface area (Å²) >= 11 is 0. The zero-order valence-corrected chi connectivity index (χ0v) is 10.9. The van der Waals surface area contributed by atoms with Gasteiger partial charge in [-0.05, 0) is 40.8 Å². The Labute approximate surface area is 98.5 Å². The van der Waals surface area contributed by atoms with Crippen molar-refractivity contribution >= 4 is 5.97 Å². The van der Waals surface area contributed by atoms with Crippen molar-refractivity contribution in [3.63, 3.8) is 0 Å². The molecule has 0 radical (unpaired) electrons. The highest BCUT2D eigenvalue weighted by Crippen LogP contribution is 2.16. The number of carbonyl (C=O) groups is 1. The third-order valence-electron chi connectivity index (χ3n) is 3.40. The monoisotopic (exact) mass is 228 g/mol. The van der Waals surface area contributed by atoms with Crippen molar-refractivity contribution in [2.24, 2.45) is 0 Å². The van der Waals surface area contributed by atoms with Gasteiger partial charge in [0, 0.05) is 19.1 Å². The molecule has 0 N–H and O–H groups in total. The number of rotatable bonds is 4. The van der Waals surface area contributed by atoms with Crippen molar-refractivity contribution < 1.29 is 9.53 Å². The molecule has 4 nitrogen and oxygen atoms in total. The molecule has 0 aromatic carbocycles. The van der Waals surface area contributed by atoms with Crippen LogP contribution in [0.15, 0.2) is 0 Å². The number of likely N-dealkylation sites (tertiary alicyclic amines) is 1. The van der Waals surface area contributed by atoms with Gasteiger partial charge in [-0.1, -0.05) is 0 Å².